The number of hydrogen-bond donors (Lipinski definition) is 3. The molecule has 2 unspecified atom stereocenters. The van der Waals surface area contributed by atoms with Gasteiger partial charge in [-0.2, -0.15) is 0 Å². The molecule has 0 aliphatic heterocycles. The van der Waals surface area contributed by atoms with Crippen molar-refractivity contribution in [3.63, 3.8) is 0 Å². The lowest BCUT2D eigenvalue weighted by Crippen LogP contribution is -2.30. The molecule has 17 nitrogen and oxygen atoms in total. The van der Waals surface area contributed by atoms with E-state index in [1.807, 2.05) is 0 Å². The van der Waals surface area contributed by atoms with Crippen molar-refractivity contribution in [2.45, 2.75) is 522 Å². The second-order valence-corrected chi connectivity index (χ2v) is 37.3. The van der Waals surface area contributed by atoms with Crippen LogP contribution < -0.4 is 0 Å². The minimum atomic E-state index is -4.97. The lowest BCUT2D eigenvalue weighted by Gasteiger charge is -2.21. The summed E-state index contributed by atoms with van der Waals surface area (Å²) in [7, 11) is -9.94. The summed E-state index contributed by atoms with van der Waals surface area (Å²) in [4.78, 5) is 73.5. The van der Waals surface area contributed by atoms with Crippen molar-refractivity contribution in [2.75, 3.05) is 39.6 Å². The van der Waals surface area contributed by atoms with Gasteiger partial charge in [-0.05, 0) is 37.5 Å². The fraction of sp³-hybridized carbons (Fsp3) is 0.957. The largest absolute Gasteiger partial charge is 0.472 e. The van der Waals surface area contributed by atoms with Gasteiger partial charge in [-0.3, -0.25) is 37.3 Å². The second-order valence-electron chi connectivity index (χ2n) is 34.4. The predicted molar refractivity (Wildman–Crippen MR) is 465 cm³/mol. The summed E-state index contributed by atoms with van der Waals surface area (Å²) in [6.07, 6.45) is 79.5. The maximum absolute atomic E-state index is 13.2. The van der Waals surface area contributed by atoms with Crippen LogP contribution in [0.5, 0.6) is 0 Å². The first-order chi connectivity index (χ1) is 54.4. The Morgan fingerprint density at radius 2 is 0.411 bits per heavy atom. The molecule has 112 heavy (non-hydrogen) atoms. The minimum absolute atomic E-state index is 0.108. The van der Waals surface area contributed by atoms with Crippen LogP contribution in [-0.2, 0) is 65.4 Å². The van der Waals surface area contributed by atoms with Gasteiger partial charge in [-0.15, -0.1) is 0 Å². The Balaban J connectivity index is 5.22. The van der Waals surface area contributed by atoms with E-state index in [0.29, 0.717) is 25.7 Å². The zero-order valence-corrected chi connectivity index (χ0v) is 75.8. The van der Waals surface area contributed by atoms with Gasteiger partial charge in [0.25, 0.3) is 0 Å². The van der Waals surface area contributed by atoms with Gasteiger partial charge in [0.05, 0.1) is 26.4 Å². The van der Waals surface area contributed by atoms with Crippen LogP contribution >= 0.6 is 15.6 Å². The number of phosphoric acid groups is 2. The molecule has 3 N–H and O–H groups in total. The predicted octanol–water partition coefficient (Wildman–Crippen LogP) is 29.0. The molecular weight excluding hydrogens is 1450 g/mol. The number of carbonyl (C=O) groups excluding carboxylic acids is 4. The van der Waals surface area contributed by atoms with E-state index in [1.165, 1.54) is 321 Å². The Labute approximate surface area is 689 Å². The van der Waals surface area contributed by atoms with Crippen LogP contribution in [0.1, 0.15) is 504 Å². The molecule has 0 heterocycles. The molecule has 0 fully saturated rings. The second kappa shape index (κ2) is 84.1. The molecule has 0 saturated carbocycles. The minimum Gasteiger partial charge on any atom is -0.462 e. The summed E-state index contributed by atoms with van der Waals surface area (Å²) in [5.74, 6) is -0.567. The zero-order valence-electron chi connectivity index (χ0n) is 74.0. The Morgan fingerprint density at radius 1 is 0.241 bits per heavy atom. The highest BCUT2D eigenvalue weighted by molar-refractivity contribution is 7.47. The van der Waals surface area contributed by atoms with E-state index in [-0.39, 0.29) is 25.7 Å². The summed E-state index contributed by atoms with van der Waals surface area (Å²) in [6.45, 7) is 9.70. The molecule has 0 bridgehead atoms. The first-order valence-electron chi connectivity index (χ1n) is 48.0. The van der Waals surface area contributed by atoms with Gasteiger partial charge in [-0.1, -0.05) is 452 Å². The number of esters is 4. The van der Waals surface area contributed by atoms with E-state index >= 15 is 0 Å². The smallest absolute Gasteiger partial charge is 0.462 e. The van der Waals surface area contributed by atoms with E-state index < -0.39 is 97.5 Å². The number of carbonyl (C=O) groups is 4. The van der Waals surface area contributed by atoms with E-state index in [1.54, 1.807) is 0 Å². The van der Waals surface area contributed by atoms with Crippen LogP contribution in [0, 0.1) is 11.8 Å². The average molecular weight is 1630 g/mol. The van der Waals surface area contributed by atoms with Crippen LogP contribution in [0.25, 0.3) is 0 Å². The number of aliphatic hydroxyl groups excluding tert-OH is 1. The molecule has 0 spiro atoms. The molecule has 0 radical (unpaired) electrons. The van der Waals surface area contributed by atoms with Crippen molar-refractivity contribution >= 4 is 39.5 Å². The Kier molecular flexibility index (Phi) is 82.6. The average Bonchev–Trinajstić information content (AvgIpc) is 0.927. The molecule has 0 saturated heterocycles. The number of unbranched alkanes of at least 4 members (excludes halogenated alkanes) is 62. The van der Waals surface area contributed by atoms with Gasteiger partial charge in [0.2, 0.25) is 0 Å². The highest BCUT2D eigenvalue weighted by Gasteiger charge is 2.31. The van der Waals surface area contributed by atoms with E-state index in [9.17, 15) is 43.2 Å². The van der Waals surface area contributed by atoms with Crippen LogP contribution in [0.2, 0.25) is 0 Å². The molecule has 0 aliphatic carbocycles. The third-order valence-electron chi connectivity index (χ3n) is 22.0. The lowest BCUT2D eigenvalue weighted by molar-refractivity contribution is -0.161. The lowest BCUT2D eigenvalue weighted by atomic mass is 10.0. The fourth-order valence-corrected chi connectivity index (χ4v) is 16.2. The maximum Gasteiger partial charge on any atom is 0.472 e. The van der Waals surface area contributed by atoms with Crippen molar-refractivity contribution in [2.24, 2.45) is 11.8 Å². The molecule has 666 valence electrons. The van der Waals surface area contributed by atoms with Crippen molar-refractivity contribution in [1.29, 1.82) is 0 Å². The molecule has 0 amide bonds. The monoisotopic (exact) mass is 1630 g/mol. The summed E-state index contributed by atoms with van der Waals surface area (Å²) in [5, 5.41) is 10.7. The third kappa shape index (κ3) is 85.9. The van der Waals surface area contributed by atoms with Crippen molar-refractivity contribution < 1.29 is 80.2 Å². The van der Waals surface area contributed by atoms with Gasteiger partial charge in [0, 0.05) is 25.7 Å². The van der Waals surface area contributed by atoms with Crippen molar-refractivity contribution in [3.05, 3.63) is 0 Å². The quantitative estimate of drug-likeness (QED) is 0.0222. The molecule has 19 heteroatoms. The van der Waals surface area contributed by atoms with Crippen molar-refractivity contribution in [1.82, 2.24) is 0 Å². The van der Waals surface area contributed by atoms with Gasteiger partial charge in [0.15, 0.2) is 12.2 Å². The Bertz CT molecular complexity index is 2130. The van der Waals surface area contributed by atoms with Crippen LogP contribution in [0.3, 0.4) is 0 Å². The Morgan fingerprint density at radius 3 is 0.607 bits per heavy atom. The molecule has 0 aromatic heterocycles. The van der Waals surface area contributed by atoms with Gasteiger partial charge in [0.1, 0.15) is 19.3 Å². The molecule has 0 aromatic carbocycles. The molecule has 0 aromatic rings. The summed E-state index contributed by atoms with van der Waals surface area (Å²) in [6, 6.07) is 0. The van der Waals surface area contributed by atoms with E-state index in [4.69, 9.17) is 37.0 Å². The zero-order chi connectivity index (χ0) is 82.0. The van der Waals surface area contributed by atoms with Gasteiger partial charge >= 0.3 is 39.5 Å². The van der Waals surface area contributed by atoms with Gasteiger partial charge < -0.3 is 33.8 Å². The van der Waals surface area contributed by atoms with E-state index in [2.05, 4.69) is 41.5 Å². The first kappa shape index (κ1) is 110. The SMILES string of the molecule is CCCCCCCCCCCCCCCCCCCCCCCCC(=O)O[C@H](COC(=O)CCCCCCCCCCCCCCCCCCCCCCC)COP(=O)(O)OC[C@@H](O)COP(=O)(O)OC[C@@H](COC(=O)CCCCCCCCCCC(C)C)OC(=O)CCCCCCCCCCCCCCCCCC(C)C. The number of aliphatic hydroxyl groups is 1. The standard InChI is InChI=1S/C93H182O17P2/c1-7-9-11-13-15-17-19-21-23-25-27-29-31-33-35-39-43-47-51-59-65-71-77-92(97)109-88(81-103-90(95)75-69-63-57-50-46-42-38-34-32-30-28-26-24-22-20-18-16-14-12-10-8-2)83-107-111(99,100)105-79-87(94)80-106-112(101,102)108-84-89(82-104-91(96)76-70-64-58-54-53-56-62-68-74-86(5)6)110-93(98)78-72-66-60-52-48-44-40-36-37-41-45-49-55-61-67-73-85(3)4/h85-89,94H,7-84H2,1-6H3,(H,99,100)(H,101,102)/t87-,88-,89-/m1/s1. The fourth-order valence-electron chi connectivity index (χ4n) is 14.7. The third-order valence-corrected chi connectivity index (χ3v) is 23.9. The summed E-state index contributed by atoms with van der Waals surface area (Å²) >= 11 is 0. The van der Waals surface area contributed by atoms with Crippen LogP contribution in [-0.4, -0.2) is 96.7 Å². The normalized spacial score (nSPS) is 13.7. The van der Waals surface area contributed by atoms with Gasteiger partial charge in [-0.25, -0.2) is 9.13 Å². The number of rotatable bonds is 92. The Hall–Kier alpha value is -1.94. The maximum atomic E-state index is 13.2. The number of hydrogen-bond acceptors (Lipinski definition) is 15. The van der Waals surface area contributed by atoms with Crippen LogP contribution in [0.4, 0.5) is 0 Å². The molecule has 0 rings (SSSR count). The van der Waals surface area contributed by atoms with Crippen molar-refractivity contribution in [3.8, 4) is 0 Å². The molecular formula is C93H182O17P2. The number of phosphoric ester groups is 2. The first-order valence-corrected chi connectivity index (χ1v) is 51.0. The summed E-state index contributed by atoms with van der Waals surface area (Å²) in [5.41, 5.74) is 0. The number of ether oxygens (including phenoxy) is 4. The molecule has 0 aliphatic rings. The topological polar surface area (TPSA) is 237 Å². The molecule has 5 atom stereocenters. The highest BCUT2D eigenvalue weighted by Crippen LogP contribution is 2.45. The summed E-state index contributed by atoms with van der Waals surface area (Å²) < 4.78 is 69.1. The van der Waals surface area contributed by atoms with Crippen LogP contribution in [0.15, 0.2) is 0 Å². The van der Waals surface area contributed by atoms with E-state index in [0.717, 1.165) is 102 Å². The highest BCUT2D eigenvalue weighted by atomic mass is 31.2.